The lowest BCUT2D eigenvalue weighted by atomic mass is 10.1. The Morgan fingerprint density at radius 2 is 1.56 bits per heavy atom. The molecule has 0 amide bonds. The smallest absolute Gasteiger partial charge is 0.197 e. The number of phenolic OH excluding ortho intramolecular Hbond substituents is 2. The zero-order valence-electron chi connectivity index (χ0n) is 9.71. The number of fused-ring (bicyclic) bond motifs is 2. The first-order chi connectivity index (χ1) is 8.58. The van der Waals surface area contributed by atoms with Crippen LogP contribution in [-0.2, 0) is 7.05 Å². The Bertz CT molecular complexity index is 834. The lowest BCUT2D eigenvalue weighted by Gasteiger charge is -2.10. The molecule has 0 saturated heterocycles. The zero-order chi connectivity index (χ0) is 12.9. The van der Waals surface area contributed by atoms with Crippen molar-refractivity contribution in [2.24, 2.45) is 7.05 Å². The fourth-order valence-corrected chi connectivity index (χ4v) is 2.26. The van der Waals surface area contributed by atoms with E-state index in [9.17, 15) is 15.0 Å². The third-order valence-corrected chi connectivity index (χ3v) is 3.17. The van der Waals surface area contributed by atoms with Gasteiger partial charge in [-0.15, -0.1) is 0 Å². The van der Waals surface area contributed by atoms with Crippen LogP contribution >= 0.6 is 0 Å². The lowest BCUT2D eigenvalue weighted by Crippen LogP contribution is -2.08. The number of nitrogens with zero attached hydrogens (tertiary/aromatic N) is 1. The molecule has 1 heterocycles. The normalized spacial score (nSPS) is 11.2. The summed E-state index contributed by atoms with van der Waals surface area (Å²) in [4.78, 5) is 12.3. The van der Waals surface area contributed by atoms with Crippen molar-refractivity contribution in [2.45, 2.75) is 0 Å². The molecular weight excluding hydrogens is 230 g/mol. The molecule has 18 heavy (non-hydrogen) atoms. The zero-order valence-corrected chi connectivity index (χ0v) is 9.71. The summed E-state index contributed by atoms with van der Waals surface area (Å²) in [6.07, 6.45) is 0. The molecule has 0 aliphatic heterocycles. The average molecular weight is 241 g/mol. The van der Waals surface area contributed by atoms with Gasteiger partial charge in [0.15, 0.2) is 5.43 Å². The second kappa shape index (κ2) is 3.50. The molecule has 3 rings (SSSR count). The molecule has 3 aromatic rings. The van der Waals surface area contributed by atoms with Gasteiger partial charge in [0.05, 0.1) is 11.0 Å². The summed E-state index contributed by atoms with van der Waals surface area (Å²) in [7, 11) is 1.82. The van der Waals surface area contributed by atoms with Crippen LogP contribution < -0.4 is 5.43 Å². The summed E-state index contributed by atoms with van der Waals surface area (Å²) in [5.74, 6) is 0.188. The second-order valence-electron chi connectivity index (χ2n) is 4.29. The molecule has 90 valence electrons. The maximum Gasteiger partial charge on any atom is 0.197 e. The summed E-state index contributed by atoms with van der Waals surface area (Å²) < 4.78 is 1.82. The number of benzene rings is 2. The number of aromatic nitrogens is 1. The van der Waals surface area contributed by atoms with E-state index in [4.69, 9.17) is 0 Å². The van der Waals surface area contributed by atoms with Crippen molar-refractivity contribution < 1.29 is 10.2 Å². The molecule has 2 N–H and O–H groups in total. The van der Waals surface area contributed by atoms with E-state index in [0.717, 1.165) is 5.52 Å². The molecule has 4 nitrogen and oxygen atoms in total. The first kappa shape index (κ1) is 10.7. The second-order valence-corrected chi connectivity index (χ2v) is 4.29. The Hall–Kier alpha value is -2.49. The van der Waals surface area contributed by atoms with E-state index in [0.29, 0.717) is 16.3 Å². The number of hydrogen-bond donors (Lipinski definition) is 2. The quantitative estimate of drug-likeness (QED) is 0.592. The molecule has 0 fully saturated rings. The highest BCUT2D eigenvalue weighted by molar-refractivity contribution is 5.94. The summed E-state index contributed by atoms with van der Waals surface area (Å²) >= 11 is 0. The summed E-state index contributed by atoms with van der Waals surface area (Å²) in [6.45, 7) is 0. The van der Waals surface area contributed by atoms with Crippen LogP contribution in [0.15, 0.2) is 41.2 Å². The van der Waals surface area contributed by atoms with Crippen molar-refractivity contribution >= 4 is 21.8 Å². The molecule has 0 saturated carbocycles. The molecule has 0 unspecified atom stereocenters. The number of aryl methyl sites for hydroxylation is 1. The van der Waals surface area contributed by atoms with Crippen molar-refractivity contribution in [2.75, 3.05) is 0 Å². The molecule has 0 aliphatic rings. The number of phenols is 2. The van der Waals surface area contributed by atoms with Crippen LogP contribution in [-0.4, -0.2) is 14.8 Å². The van der Waals surface area contributed by atoms with Gasteiger partial charge in [0.1, 0.15) is 11.5 Å². The van der Waals surface area contributed by atoms with Gasteiger partial charge in [-0.05, 0) is 30.3 Å². The Morgan fingerprint density at radius 1 is 0.889 bits per heavy atom. The minimum atomic E-state index is -0.144. The van der Waals surface area contributed by atoms with Crippen molar-refractivity contribution in [3.05, 3.63) is 46.6 Å². The van der Waals surface area contributed by atoms with Gasteiger partial charge >= 0.3 is 0 Å². The monoisotopic (exact) mass is 241 g/mol. The Labute approximate surface area is 102 Å². The van der Waals surface area contributed by atoms with Gasteiger partial charge in [-0.25, -0.2) is 0 Å². The number of pyridine rings is 1. The summed E-state index contributed by atoms with van der Waals surface area (Å²) in [5, 5.41) is 20.0. The first-order valence-corrected chi connectivity index (χ1v) is 5.52. The largest absolute Gasteiger partial charge is 0.508 e. The first-order valence-electron chi connectivity index (χ1n) is 5.52. The predicted octanol–water partition coefficient (Wildman–Crippen LogP) is 2.10. The predicted molar refractivity (Wildman–Crippen MR) is 70.0 cm³/mol. The summed E-state index contributed by atoms with van der Waals surface area (Å²) in [5.41, 5.74) is 1.24. The Balaban J connectivity index is 2.65. The van der Waals surface area contributed by atoms with Crippen LogP contribution in [0.4, 0.5) is 0 Å². The number of aromatic hydroxyl groups is 2. The third-order valence-electron chi connectivity index (χ3n) is 3.17. The van der Waals surface area contributed by atoms with E-state index in [1.807, 2.05) is 11.6 Å². The molecule has 0 bridgehead atoms. The van der Waals surface area contributed by atoms with E-state index in [1.165, 1.54) is 18.2 Å². The minimum absolute atomic E-state index is 0.0673. The van der Waals surface area contributed by atoms with Gasteiger partial charge in [-0.1, -0.05) is 0 Å². The summed E-state index contributed by atoms with van der Waals surface area (Å²) in [6, 6.07) is 9.33. The van der Waals surface area contributed by atoms with E-state index < -0.39 is 0 Å². The van der Waals surface area contributed by atoms with Gasteiger partial charge in [0.2, 0.25) is 0 Å². The van der Waals surface area contributed by atoms with Crippen molar-refractivity contribution in [3.8, 4) is 11.5 Å². The van der Waals surface area contributed by atoms with Crippen molar-refractivity contribution in [1.29, 1.82) is 0 Å². The fourth-order valence-electron chi connectivity index (χ4n) is 2.26. The van der Waals surface area contributed by atoms with Crippen molar-refractivity contribution in [1.82, 2.24) is 4.57 Å². The molecular formula is C14H11NO3. The van der Waals surface area contributed by atoms with Gasteiger partial charge in [-0.2, -0.15) is 0 Å². The standard InChI is InChI=1S/C14H11NO3/c1-15-12-5-3-8(16)6-11(12)14(18)10-4-2-9(17)7-13(10)15/h2-7,16-17H,1H3. The highest BCUT2D eigenvalue weighted by Crippen LogP contribution is 2.23. The highest BCUT2D eigenvalue weighted by Gasteiger charge is 2.09. The van der Waals surface area contributed by atoms with E-state index in [2.05, 4.69) is 0 Å². The van der Waals surface area contributed by atoms with Crippen LogP contribution in [0, 0.1) is 0 Å². The van der Waals surface area contributed by atoms with Crippen LogP contribution in [0.5, 0.6) is 11.5 Å². The molecule has 0 aliphatic carbocycles. The van der Waals surface area contributed by atoms with Crippen LogP contribution in [0.2, 0.25) is 0 Å². The van der Waals surface area contributed by atoms with Gasteiger partial charge in [-0.3, -0.25) is 4.79 Å². The van der Waals surface area contributed by atoms with Gasteiger partial charge < -0.3 is 14.8 Å². The van der Waals surface area contributed by atoms with E-state index in [-0.39, 0.29) is 16.9 Å². The van der Waals surface area contributed by atoms with Gasteiger partial charge in [0, 0.05) is 23.9 Å². The molecule has 0 atom stereocenters. The van der Waals surface area contributed by atoms with Crippen LogP contribution in [0.25, 0.3) is 21.8 Å². The number of hydrogen-bond acceptors (Lipinski definition) is 3. The number of rotatable bonds is 0. The van der Waals surface area contributed by atoms with E-state index in [1.54, 1.807) is 18.2 Å². The van der Waals surface area contributed by atoms with Gasteiger partial charge in [0.25, 0.3) is 0 Å². The Kier molecular flexibility index (Phi) is 2.07. The lowest BCUT2D eigenvalue weighted by molar-refractivity contribution is 0.475. The SMILES string of the molecule is Cn1c2ccc(O)cc2c(=O)c2ccc(O)cc21. The molecule has 4 heteroatoms. The van der Waals surface area contributed by atoms with Crippen molar-refractivity contribution in [3.63, 3.8) is 0 Å². The van der Waals surface area contributed by atoms with E-state index >= 15 is 0 Å². The molecule has 0 spiro atoms. The minimum Gasteiger partial charge on any atom is -0.508 e. The molecule has 1 aromatic heterocycles. The van der Waals surface area contributed by atoms with Crippen LogP contribution in [0.3, 0.4) is 0 Å². The maximum absolute atomic E-state index is 12.3. The van der Waals surface area contributed by atoms with Crippen LogP contribution in [0.1, 0.15) is 0 Å². The topological polar surface area (TPSA) is 62.5 Å². The fraction of sp³-hybridized carbons (Fsp3) is 0.0714. The highest BCUT2D eigenvalue weighted by atomic mass is 16.3. The third kappa shape index (κ3) is 1.35. The average Bonchev–Trinajstić information content (AvgIpc) is 2.36. The molecule has 2 aromatic carbocycles. The maximum atomic E-state index is 12.3. The molecule has 0 radical (unpaired) electrons. The Morgan fingerprint density at radius 3 is 2.33 bits per heavy atom.